The van der Waals surface area contributed by atoms with Gasteiger partial charge in [-0.2, -0.15) is 0 Å². The van der Waals surface area contributed by atoms with Gasteiger partial charge >= 0.3 is 0 Å². The lowest BCUT2D eigenvalue weighted by Gasteiger charge is -2.15. The number of hydrogen-bond donors (Lipinski definition) is 1. The smallest absolute Gasteiger partial charge is 0.145 e. The van der Waals surface area contributed by atoms with E-state index in [-0.39, 0.29) is 11.9 Å². The standard InChI is InChI=1S/C14H16FN3/c1-10-8-12(15)5-4-11(10)9-13(16-2)14-17-6-3-7-18-14/h3-8,13,16H,9H2,1-2H3. The molecule has 94 valence electrons. The summed E-state index contributed by atoms with van der Waals surface area (Å²) in [5.41, 5.74) is 2.05. The third-order valence-corrected chi connectivity index (χ3v) is 2.97. The Morgan fingerprint density at radius 2 is 2.00 bits per heavy atom. The minimum atomic E-state index is -0.201. The Labute approximate surface area is 106 Å². The first-order valence-corrected chi connectivity index (χ1v) is 5.90. The second kappa shape index (κ2) is 5.69. The van der Waals surface area contributed by atoms with Crippen molar-refractivity contribution in [1.82, 2.24) is 15.3 Å². The number of rotatable bonds is 4. The molecule has 0 spiro atoms. The van der Waals surface area contributed by atoms with Gasteiger partial charge in [0.1, 0.15) is 11.6 Å². The summed E-state index contributed by atoms with van der Waals surface area (Å²) in [7, 11) is 1.87. The minimum absolute atomic E-state index is 0.0374. The van der Waals surface area contributed by atoms with E-state index in [4.69, 9.17) is 0 Å². The normalized spacial score (nSPS) is 12.4. The van der Waals surface area contributed by atoms with Crippen LogP contribution in [0.25, 0.3) is 0 Å². The number of aromatic nitrogens is 2. The second-order valence-electron chi connectivity index (χ2n) is 4.22. The van der Waals surface area contributed by atoms with Crippen LogP contribution in [0.4, 0.5) is 4.39 Å². The molecule has 1 aromatic heterocycles. The van der Waals surface area contributed by atoms with E-state index >= 15 is 0 Å². The summed E-state index contributed by atoms with van der Waals surface area (Å²) in [5, 5.41) is 3.19. The number of hydrogen-bond acceptors (Lipinski definition) is 3. The first-order chi connectivity index (χ1) is 8.70. The van der Waals surface area contributed by atoms with Crippen molar-refractivity contribution in [2.45, 2.75) is 19.4 Å². The molecule has 1 N–H and O–H groups in total. The van der Waals surface area contributed by atoms with Crippen molar-refractivity contribution in [2.24, 2.45) is 0 Å². The maximum Gasteiger partial charge on any atom is 0.145 e. The third kappa shape index (κ3) is 2.90. The number of benzene rings is 1. The summed E-state index contributed by atoms with van der Waals surface area (Å²) in [6.07, 6.45) is 4.20. The summed E-state index contributed by atoms with van der Waals surface area (Å²) in [6.45, 7) is 1.91. The summed E-state index contributed by atoms with van der Waals surface area (Å²) >= 11 is 0. The number of aryl methyl sites for hydroxylation is 1. The molecule has 0 bridgehead atoms. The van der Waals surface area contributed by atoms with Crippen LogP contribution in [-0.2, 0) is 6.42 Å². The van der Waals surface area contributed by atoms with Crippen molar-refractivity contribution >= 4 is 0 Å². The van der Waals surface area contributed by atoms with Crippen LogP contribution in [0.5, 0.6) is 0 Å². The van der Waals surface area contributed by atoms with Crippen molar-refractivity contribution in [3.8, 4) is 0 Å². The van der Waals surface area contributed by atoms with E-state index in [9.17, 15) is 4.39 Å². The lowest BCUT2D eigenvalue weighted by Crippen LogP contribution is -2.21. The van der Waals surface area contributed by atoms with Gasteiger partial charge < -0.3 is 5.32 Å². The van der Waals surface area contributed by atoms with Crippen LogP contribution in [0.2, 0.25) is 0 Å². The van der Waals surface area contributed by atoms with Gasteiger partial charge in [0.2, 0.25) is 0 Å². The van der Waals surface area contributed by atoms with Crippen molar-refractivity contribution in [2.75, 3.05) is 7.05 Å². The Hall–Kier alpha value is -1.81. The molecule has 0 amide bonds. The molecule has 0 saturated heterocycles. The zero-order chi connectivity index (χ0) is 13.0. The number of likely N-dealkylation sites (N-methyl/N-ethyl adjacent to an activating group) is 1. The molecule has 4 heteroatoms. The fourth-order valence-electron chi connectivity index (χ4n) is 1.92. The van der Waals surface area contributed by atoms with Gasteiger partial charge in [-0.15, -0.1) is 0 Å². The molecule has 0 aliphatic heterocycles. The van der Waals surface area contributed by atoms with Crippen molar-refractivity contribution in [3.63, 3.8) is 0 Å². The van der Waals surface area contributed by atoms with Gasteiger partial charge in [0, 0.05) is 12.4 Å². The van der Waals surface area contributed by atoms with Crippen LogP contribution in [-0.4, -0.2) is 17.0 Å². The van der Waals surface area contributed by atoms with Gasteiger partial charge in [-0.05, 0) is 49.7 Å². The van der Waals surface area contributed by atoms with Crippen LogP contribution >= 0.6 is 0 Å². The Bertz CT molecular complexity index is 514. The molecule has 0 fully saturated rings. The molecule has 3 nitrogen and oxygen atoms in total. The molecule has 0 radical (unpaired) electrons. The van der Waals surface area contributed by atoms with E-state index in [1.165, 1.54) is 6.07 Å². The van der Waals surface area contributed by atoms with Crippen LogP contribution in [0.1, 0.15) is 23.0 Å². The first-order valence-electron chi connectivity index (χ1n) is 5.90. The molecular weight excluding hydrogens is 229 g/mol. The van der Waals surface area contributed by atoms with Crippen LogP contribution in [0, 0.1) is 12.7 Å². The summed E-state index contributed by atoms with van der Waals surface area (Å²) in [5.74, 6) is 0.553. The topological polar surface area (TPSA) is 37.8 Å². The van der Waals surface area contributed by atoms with E-state index in [1.54, 1.807) is 24.5 Å². The molecule has 1 atom stereocenters. The average Bonchev–Trinajstić information content (AvgIpc) is 2.39. The molecule has 1 aromatic carbocycles. The van der Waals surface area contributed by atoms with E-state index < -0.39 is 0 Å². The molecule has 1 unspecified atom stereocenters. The fraction of sp³-hybridized carbons (Fsp3) is 0.286. The molecule has 2 rings (SSSR count). The SMILES string of the molecule is CNC(Cc1ccc(F)cc1C)c1ncccn1. The zero-order valence-electron chi connectivity index (χ0n) is 10.5. The maximum absolute atomic E-state index is 13.0. The molecule has 2 aromatic rings. The van der Waals surface area contributed by atoms with Crippen LogP contribution in [0.15, 0.2) is 36.7 Å². The van der Waals surface area contributed by atoms with E-state index in [1.807, 2.05) is 20.0 Å². The highest BCUT2D eigenvalue weighted by Gasteiger charge is 2.13. The predicted octanol–water partition coefficient (Wildman–Crippen LogP) is 2.43. The quantitative estimate of drug-likeness (QED) is 0.899. The maximum atomic E-state index is 13.0. The van der Waals surface area contributed by atoms with Crippen molar-refractivity contribution < 1.29 is 4.39 Å². The van der Waals surface area contributed by atoms with Gasteiger partial charge in [0.05, 0.1) is 6.04 Å². The fourth-order valence-corrected chi connectivity index (χ4v) is 1.92. The highest BCUT2D eigenvalue weighted by atomic mass is 19.1. The lowest BCUT2D eigenvalue weighted by atomic mass is 10.0. The van der Waals surface area contributed by atoms with Gasteiger partial charge in [-0.3, -0.25) is 0 Å². The van der Waals surface area contributed by atoms with Crippen molar-refractivity contribution in [3.05, 3.63) is 59.4 Å². The molecule has 0 aliphatic rings. The summed E-state index contributed by atoms with van der Waals surface area (Å²) < 4.78 is 13.0. The Balaban J connectivity index is 2.21. The van der Waals surface area contributed by atoms with Gasteiger partial charge in [-0.1, -0.05) is 6.07 Å². The number of nitrogens with one attached hydrogen (secondary N) is 1. The predicted molar refractivity (Wildman–Crippen MR) is 68.7 cm³/mol. The Kier molecular flexibility index (Phi) is 3.99. The van der Waals surface area contributed by atoms with E-state index in [0.29, 0.717) is 0 Å². The Morgan fingerprint density at radius 3 is 2.61 bits per heavy atom. The highest BCUT2D eigenvalue weighted by Crippen LogP contribution is 2.18. The third-order valence-electron chi connectivity index (χ3n) is 2.97. The minimum Gasteiger partial charge on any atom is -0.310 e. The molecular formula is C14H16FN3. The first kappa shape index (κ1) is 12.6. The summed E-state index contributed by atoms with van der Waals surface area (Å²) in [6, 6.07) is 6.68. The van der Waals surface area contributed by atoms with Gasteiger partial charge in [0.25, 0.3) is 0 Å². The molecule has 0 aliphatic carbocycles. The molecule has 18 heavy (non-hydrogen) atoms. The van der Waals surface area contributed by atoms with Gasteiger partial charge in [0.15, 0.2) is 0 Å². The molecule has 0 saturated carbocycles. The number of nitrogens with zero attached hydrogens (tertiary/aromatic N) is 2. The zero-order valence-corrected chi connectivity index (χ0v) is 10.5. The second-order valence-corrected chi connectivity index (χ2v) is 4.22. The van der Waals surface area contributed by atoms with E-state index in [0.717, 1.165) is 23.4 Å². The van der Waals surface area contributed by atoms with Crippen LogP contribution in [0.3, 0.4) is 0 Å². The monoisotopic (exact) mass is 245 g/mol. The lowest BCUT2D eigenvalue weighted by molar-refractivity contribution is 0.554. The average molecular weight is 245 g/mol. The van der Waals surface area contributed by atoms with Crippen molar-refractivity contribution in [1.29, 1.82) is 0 Å². The highest BCUT2D eigenvalue weighted by molar-refractivity contribution is 5.27. The van der Waals surface area contributed by atoms with Gasteiger partial charge in [-0.25, -0.2) is 14.4 Å². The number of halogens is 1. The summed E-state index contributed by atoms with van der Waals surface area (Å²) in [4.78, 5) is 8.49. The molecule has 1 heterocycles. The Morgan fingerprint density at radius 1 is 1.28 bits per heavy atom. The van der Waals surface area contributed by atoms with Crippen LogP contribution < -0.4 is 5.32 Å². The van der Waals surface area contributed by atoms with E-state index in [2.05, 4.69) is 15.3 Å². The largest absolute Gasteiger partial charge is 0.310 e.